The van der Waals surface area contributed by atoms with Crippen LogP contribution in [0.3, 0.4) is 0 Å². The second-order valence-electron chi connectivity index (χ2n) is 7.27. The minimum atomic E-state index is -5.01. The van der Waals surface area contributed by atoms with Crippen LogP contribution in [0.1, 0.15) is 26.2 Å². The highest BCUT2D eigenvalue weighted by Crippen LogP contribution is 2.44. The van der Waals surface area contributed by atoms with Gasteiger partial charge in [-0.25, -0.2) is 0 Å². The maximum Gasteiger partial charge on any atom is 0.392 e. The first-order chi connectivity index (χ1) is 14.3. The molecule has 0 aromatic heterocycles. The number of thioether (sulfide) groups is 1. The SMILES string of the molecule is CC(CN1C(=O)SC(=CC(C=CCO)=CCC(F)(F)F)C1=O)(CC(F)(F)F)CC(F)(F)F. The summed E-state index contributed by atoms with van der Waals surface area (Å²) in [5.41, 5.74) is -2.81. The van der Waals surface area contributed by atoms with Gasteiger partial charge >= 0.3 is 18.5 Å². The molecule has 0 aromatic carbocycles. The lowest BCUT2D eigenvalue weighted by atomic mass is 9.82. The Kier molecular flexibility index (Phi) is 9.05. The zero-order chi connectivity index (χ0) is 25.0. The average molecular weight is 499 g/mol. The molecule has 0 atom stereocenters. The topological polar surface area (TPSA) is 57.6 Å². The molecule has 0 aromatic rings. The molecule has 1 aliphatic rings. The average Bonchev–Trinajstić information content (AvgIpc) is 2.80. The fourth-order valence-electron chi connectivity index (χ4n) is 2.91. The number of rotatable bonds is 8. The van der Waals surface area contributed by atoms with E-state index in [-0.39, 0.29) is 22.2 Å². The van der Waals surface area contributed by atoms with Gasteiger partial charge in [-0.05, 0) is 23.4 Å². The predicted octanol–water partition coefficient (Wildman–Crippen LogP) is 5.90. The molecule has 4 nitrogen and oxygen atoms in total. The lowest BCUT2D eigenvalue weighted by molar-refractivity contribution is -0.194. The van der Waals surface area contributed by atoms with Gasteiger partial charge in [-0.15, -0.1) is 0 Å². The smallest absolute Gasteiger partial charge is 0.392 e. The molecule has 1 fully saturated rings. The number of aliphatic hydroxyl groups is 1. The molecule has 1 N–H and O–H groups in total. The summed E-state index contributed by atoms with van der Waals surface area (Å²) in [6.07, 6.45) is -16.4. The summed E-state index contributed by atoms with van der Waals surface area (Å²) in [5, 5.41) is 7.62. The van der Waals surface area contributed by atoms with E-state index >= 15 is 0 Å². The van der Waals surface area contributed by atoms with Crippen LogP contribution in [0.5, 0.6) is 0 Å². The highest BCUT2D eigenvalue weighted by atomic mass is 32.2. The summed E-state index contributed by atoms with van der Waals surface area (Å²) in [4.78, 5) is 24.3. The van der Waals surface area contributed by atoms with Crippen LogP contribution in [-0.2, 0) is 4.79 Å². The van der Waals surface area contributed by atoms with Crippen LogP contribution >= 0.6 is 11.8 Å². The van der Waals surface area contributed by atoms with E-state index in [4.69, 9.17) is 5.11 Å². The van der Waals surface area contributed by atoms with Gasteiger partial charge in [0.2, 0.25) is 0 Å². The summed E-state index contributed by atoms with van der Waals surface area (Å²) in [6, 6.07) is 0. The second-order valence-corrected chi connectivity index (χ2v) is 8.26. The number of allylic oxidation sites excluding steroid dienone is 4. The molecule has 1 heterocycles. The monoisotopic (exact) mass is 499 g/mol. The first-order valence-electron chi connectivity index (χ1n) is 8.77. The lowest BCUT2D eigenvalue weighted by Crippen LogP contribution is -2.43. The van der Waals surface area contributed by atoms with Crippen molar-refractivity contribution in [2.24, 2.45) is 5.41 Å². The van der Waals surface area contributed by atoms with E-state index in [0.29, 0.717) is 13.0 Å². The van der Waals surface area contributed by atoms with Gasteiger partial charge < -0.3 is 5.11 Å². The third-order valence-electron chi connectivity index (χ3n) is 3.95. The summed E-state index contributed by atoms with van der Waals surface area (Å²) in [6.45, 7) is -1.12. The van der Waals surface area contributed by atoms with Crippen LogP contribution in [0.2, 0.25) is 0 Å². The number of amides is 2. The highest BCUT2D eigenvalue weighted by molar-refractivity contribution is 8.18. The number of alkyl halides is 9. The Labute approximate surface area is 180 Å². The van der Waals surface area contributed by atoms with Gasteiger partial charge in [-0.3, -0.25) is 14.5 Å². The van der Waals surface area contributed by atoms with Crippen LogP contribution in [0, 0.1) is 5.41 Å². The van der Waals surface area contributed by atoms with Gasteiger partial charge in [-0.1, -0.05) is 25.2 Å². The standard InChI is InChI=1S/C18H18F9NO3S/c1-15(8-17(22,23)24,9-18(25,26)27)10-28-13(30)12(32-14(28)31)7-11(3-2-6-29)4-5-16(19,20)21/h2-4,7,29H,5-6,8-10H2,1H3. The van der Waals surface area contributed by atoms with Gasteiger partial charge in [0.1, 0.15) is 0 Å². The third-order valence-corrected chi connectivity index (χ3v) is 4.86. The number of nitrogens with zero attached hydrogens (tertiary/aromatic N) is 1. The summed E-state index contributed by atoms with van der Waals surface area (Å²) in [7, 11) is 0. The number of carbonyl (C=O) groups is 2. The van der Waals surface area contributed by atoms with Gasteiger partial charge in [0.25, 0.3) is 11.1 Å². The van der Waals surface area contributed by atoms with Crippen molar-refractivity contribution in [3.63, 3.8) is 0 Å². The van der Waals surface area contributed by atoms with Gasteiger partial charge in [0.05, 0.1) is 30.8 Å². The summed E-state index contributed by atoms with van der Waals surface area (Å²) in [5.74, 6) is -1.23. The Balaban J connectivity index is 3.21. The lowest BCUT2D eigenvalue weighted by Gasteiger charge is -2.34. The van der Waals surface area contributed by atoms with Crippen molar-refractivity contribution in [1.82, 2.24) is 4.90 Å². The van der Waals surface area contributed by atoms with Crippen molar-refractivity contribution < 1.29 is 54.2 Å². The molecule has 1 saturated heterocycles. The van der Waals surface area contributed by atoms with E-state index < -0.39 is 72.4 Å². The van der Waals surface area contributed by atoms with Crippen molar-refractivity contribution in [3.8, 4) is 0 Å². The van der Waals surface area contributed by atoms with Gasteiger partial charge in [0, 0.05) is 12.0 Å². The van der Waals surface area contributed by atoms with Crippen LogP contribution in [0.15, 0.2) is 34.8 Å². The Morgan fingerprint density at radius 2 is 1.50 bits per heavy atom. The quantitative estimate of drug-likeness (QED) is 0.257. The van der Waals surface area contributed by atoms with E-state index in [1.165, 1.54) is 0 Å². The molecule has 0 radical (unpaired) electrons. The first kappa shape index (κ1) is 28.1. The van der Waals surface area contributed by atoms with Gasteiger partial charge in [-0.2, -0.15) is 39.5 Å². The molecule has 0 saturated carbocycles. The molecular formula is C18H18F9NO3S. The third kappa shape index (κ3) is 10.1. The zero-order valence-corrected chi connectivity index (χ0v) is 17.2. The minimum absolute atomic E-state index is 0.171. The Morgan fingerprint density at radius 1 is 0.969 bits per heavy atom. The minimum Gasteiger partial charge on any atom is -0.392 e. The summed E-state index contributed by atoms with van der Waals surface area (Å²) >= 11 is 0.171. The maximum atomic E-state index is 12.8. The van der Waals surface area contributed by atoms with Crippen LogP contribution in [-0.4, -0.2) is 52.8 Å². The molecular weight excluding hydrogens is 481 g/mol. The van der Waals surface area contributed by atoms with Gasteiger partial charge in [0.15, 0.2) is 0 Å². The van der Waals surface area contributed by atoms with Crippen LogP contribution < -0.4 is 0 Å². The molecule has 0 spiro atoms. The number of hydrogen-bond donors (Lipinski definition) is 1. The van der Waals surface area contributed by atoms with Crippen LogP contribution in [0.25, 0.3) is 0 Å². The van der Waals surface area contributed by atoms with Crippen molar-refractivity contribution in [3.05, 3.63) is 34.8 Å². The number of carbonyl (C=O) groups excluding carboxylic acids is 2. The molecule has 0 unspecified atom stereocenters. The molecule has 1 aliphatic heterocycles. The first-order valence-corrected chi connectivity index (χ1v) is 9.59. The van der Waals surface area contributed by atoms with E-state index in [0.717, 1.165) is 18.2 Å². The molecule has 0 bridgehead atoms. The maximum absolute atomic E-state index is 12.8. The van der Waals surface area contributed by atoms with E-state index in [2.05, 4.69) is 0 Å². The fourth-order valence-corrected chi connectivity index (χ4v) is 3.75. The number of imide groups is 1. The Bertz CT molecular complexity index is 779. The van der Waals surface area contributed by atoms with Crippen molar-refractivity contribution in [2.45, 2.75) is 44.7 Å². The van der Waals surface area contributed by atoms with E-state index in [1.807, 2.05) is 0 Å². The molecule has 14 heteroatoms. The summed E-state index contributed by atoms with van der Waals surface area (Å²) < 4.78 is 114. The molecule has 0 aliphatic carbocycles. The Hall–Kier alpha value is -1.96. The fraction of sp³-hybridized carbons (Fsp3) is 0.556. The molecule has 2 amide bonds. The van der Waals surface area contributed by atoms with Crippen molar-refractivity contribution in [2.75, 3.05) is 13.2 Å². The largest absolute Gasteiger partial charge is 0.392 e. The molecule has 1 rings (SSSR count). The van der Waals surface area contributed by atoms with Crippen molar-refractivity contribution in [1.29, 1.82) is 0 Å². The highest BCUT2D eigenvalue weighted by Gasteiger charge is 2.49. The molecule has 32 heavy (non-hydrogen) atoms. The Morgan fingerprint density at radius 3 is 1.94 bits per heavy atom. The van der Waals surface area contributed by atoms with E-state index in [9.17, 15) is 49.1 Å². The van der Waals surface area contributed by atoms with Crippen LogP contribution in [0.4, 0.5) is 44.3 Å². The molecule has 182 valence electrons. The predicted molar refractivity (Wildman–Crippen MR) is 97.2 cm³/mol. The number of aliphatic hydroxyl groups excluding tert-OH is 1. The van der Waals surface area contributed by atoms with Crippen molar-refractivity contribution >= 4 is 22.9 Å². The number of halogens is 9. The normalized spacial score (nSPS) is 18.5. The van der Waals surface area contributed by atoms with E-state index in [1.54, 1.807) is 0 Å². The number of hydrogen-bond acceptors (Lipinski definition) is 4. The second kappa shape index (κ2) is 10.3. The zero-order valence-electron chi connectivity index (χ0n) is 16.4.